The summed E-state index contributed by atoms with van der Waals surface area (Å²) >= 11 is 0. The van der Waals surface area contributed by atoms with Crippen LogP contribution in [0.15, 0.2) is 6.20 Å². The molecule has 1 heterocycles. The van der Waals surface area contributed by atoms with Crippen LogP contribution in [-0.4, -0.2) is 22.3 Å². The van der Waals surface area contributed by atoms with Crippen molar-refractivity contribution in [1.29, 1.82) is 0 Å². The first kappa shape index (κ1) is 8.89. The van der Waals surface area contributed by atoms with Crippen LogP contribution in [0.25, 0.3) is 0 Å². The zero-order chi connectivity index (χ0) is 8.97. The Morgan fingerprint density at radius 2 is 2.42 bits per heavy atom. The highest BCUT2D eigenvalue weighted by Crippen LogP contribution is 2.13. The van der Waals surface area contributed by atoms with Gasteiger partial charge < -0.3 is 9.94 Å². The summed E-state index contributed by atoms with van der Waals surface area (Å²) in [5.74, 6) is 1.23. The molecule has 0 amide bonds. The van der Waals surface area contributed by atoms with Gasteiger partial charge in [-0.2, -0.15) is 5.48 Å². The fourth-order valence-corrected chi connectivity index (χ4v) is 0.878. The third kappa shape index (κ3) is 1.90. The van der Waals surface area contributed by atoms with Crippen molar-refractivity contribution < 1.29 is 9.94 Å². The van der Waals surface area contributed by atoms with Crippen LogP contribution in [0.3, 0.4) is 0 Å². The Hall–Kier alpha value is -1.20. The number of aryl methyl sites for hydroxylation is 1. The van der Waals surface area contributed by atoms with Crippen LogP contribution >= 0.6 is 0 Å². The molecule has 0 aliphatic heterocycles. The van der Waals surface area contributed by atoms with E-state index in [1.807, 2.05) is 5.48 Å². The second kappa shape index (κ2) is 3.99. The Balaban J connectivity index is 2.95. The van der Waals surface area contributed by atoms with Crippen molar-refractivity contribution in [1.82, 2.24) is 15.4 Å². The summed E-state index contributed by atoms with van der Waals surface area (Å²) in [6, 6.07) is 0. The predicted molar refractivity (Wildman–Crippen MR) is 41.9 cm³/mol. The van der Waals surface area contributed by atoms with Gasteiger partial charge in [0.2, 0.25) is 0 Å². The van der Waals surface area contributed by atoms with Crippen LogP contribution in [0.4, 0.5) is 0 Å². The van der Waals surface area contributed by atoms with Gasteiger partial charge in [-0.15, -0.1) is 0 Å². The van der Waals surface area contributed by atoms with Crippen LogP contribution in [-0.2, 0) is 6.54 Å². The number of methoxy groups -OCH3 is 1. The van der Waals surface area contributed by atoms with Crippen molar-refractivity contribution in [3.63, 3.8) is 0 Å². The lowest BCUT2D eigenvalue weighted by Crippen LogP contribution is -2.10. The standard InChI is InChI=1S/C7H11N3O2/c1-5-8-4-7(12-2)6(10-5)3-9-11/h4,9,11H,3H2,1-2H3. The second-order valence-corrected chi connectivity index (χ2v) is 2.27. The van der Waals surface area contributed by atoms with Crippen LogP contribution in [0, 0.1) is 6.92 Å². The molecule has 1 aromatic heterocycles. The molecule has 0 unspecified atom stereocenters. The molecule has 0 aliphatic carbocycles. The minimum absolute atomic E-state index is 0.256. The average Bonchev–Trinajstić information content (AvgIpc) is 2.05. The Morgan fingerprint density at radius 1 is 1.67 bits per heavy atom. The highest BCUT2D eigenvalue weighted by atomic mass is 16.5. The number of nitrogens with one attached hydrogen (secondary N) is 1. The fraction of sp³-hybridized carbons (Fsp3) is 0.429. The molecule has 1 rings (SSSR count). The molecule has 0 spiro atoms. The van der Waals surface area contributed by atoms with E-state index in [-0.39, 0.29) is 6.54 Å². The van der Waals surface area contributed by atoms with Gasteiger partial charge >= 0.3 is 0 Å². The van der Waals surface area contributed by atoms with E-state index < -0.39 is 0 Å². The normalized spacial score (nSPS) is 9.92. The lowest BCUT2D eigenvalue weighted by atomic mass is 10.3. The Morgan fingerprint density at radius 3 is 3.00 bits per heavy atom. The van der Waals surface area contributed by atoms with Crippen molar-refractivity contribution >= 4 is 0 Å². The van der Waals surface area contributed by atoms with Crippen LogP contribution < -0.4 is 10.2 Å². The van der Waals surface area contributed by atoms with Crippen molar-refractivity contribution in [2.45, 2.75) is 13.5 Å². The molecule has 0 aromatic carbocycles. The number of aromatic nitrogens is 2. The van der Waals surface area contributed by atoms with Crippen LogP contribution in [0.2, 0.25) is 0 Å². The van der Waals surface area contributed by atoms with Gasteiger partial charge in [0.1, 0.15) is 11.5 Å². The Bertz CT molecular complexity index is 265. The van der Waals surface area contributed by atoms with Crippen molar-refractivity contribution in [2.24, 2.45) is 0 Å². The van der Waals surface area contributed by atoms with E-state index in [9.17, 15) is 0 Å². The van der Waals surface area contributed by atoms with Gasteiger partial charge in [0.15, 0.2) is 5.75 Å². The molecule has 0 atom stereocenters. The molecular weight excluding hydrogens is 158 g/mol. The molecular formula is C7H11N3O2. The summed E-state index contributed by atoms with van der Waals surface area (Å²) in [6.07, 6.45) is 1.58. The monoisotopic (exact) mass is 169 g/mol. The first-order valence-corrected chi connectivity index (χ1v) is 3.51. The number of hydroxylamine groups is 1. The highest BCUT2D eigenvalue weighted by Gasteiger charge is 2.03. The van der Waals surface area contributed by atoms with Gasteiger partial charge in [0.25, 0.3) is 0 Å². The second-order valence-electron chi connectivity index (χ2n) is 2.27. The molecule has 0 fully saturated rings. The molecule has 5 nitrogen and oxygen atoms in total. The number of rotatable bonds is 3. The molecule has 66 valence electrons. The predicted octanol–water partition coefficient (Wildman–Crippen LogP) is 0.272. The number of hydrogen-bond acceptors (Lipinski definition) is 5. The molecule has 0 bridgehead atoms. The number of hydrogen-bond donors (Lipinski definition) is 2. The summed E-state index contributed by atoms with van der Waals surface area (Å²) in [6.45, 7) is 2.03. The van der Waals surface area contributed by atoms with E-state index in [2.05, 4.69) is 9.97 Å². The average molecular weight is 169 g/mol. The number of nitrogens with zero attached hydrogens (tertiary/aromatic N) is 2. The SMILES string of the molecule is COc1cnc(C)nc1CNO. The third-order valence-corrected chi connectivity index (χ3v) is 1.42. The first-order valence-electron chi connectivity index (χ1n) is 3.51. The fourth-order valence-electron chi connectivity index (χ4n) is 0.878. The molecule has 0 radical (unpaired) electrons. The lowest BCUT2D eigenvalue weighted by Gasteiger charge is -2.05. The smallest absolute Gasteiger partial charge is 0.160 e. The van der Waals surface area contributed by atoms with E-state index in [4.69, 9.17) is 9.94 Å². The minimum Gasteiger partial charge on any atom is -0.493 e. The van der Waals surface area contributed by atoms with E-state index in [0.717, 1.165) is 0 Å². The summed E-state index contributed by atoms with van der Waals surface area (Å²) < 4.78 is 4.98. The molecule has 0 aliphatic rings. The number of ether oxygens (including phenoxy) is 1. The summed E-state index contributed by atoms with van der Waals surface area (Å²) in [5, 5.41) is 8.46. The van der Waals surface area contributed by atoms with E-state index in [1.54, 1.807) is 13.1 Å². The van der Waals surface area contributed by atoms with E-state index in [1.165, 1.54) is 7.11 Å². The van der Waals surface area contributed by atoms with E-state index >= 15 is 0 Å². The van der Waals surface area contributed by atoms with Crippen molar-refractivity contribution in [3.05, 3.63) is 17.7 Å². The van der Waals surface area contributed by atoms with Gasteiger partial charge in [-0.25, -0.2) is 9.97 Å². The Labute approximate surface area is 70.4 Å². The molecule has 0 saturated carbocycles. The largest absolute Gasteiger partial charge is 0.493 e. The molecule has 2 N–H and O–H groups in total. The maximum absolute atomic E-state index is 8.46. The maximum Gasteiger partial charge on any atom is 0.160 e. The van der Waals surface area contributed by atoms with Crippen LogP contribution in [0.1, 0.15) is 11.5 Å². The van der Waals surface area contributed by atoms with Crippen molar-refractivity contribution in [3.8, 4) is 5.75 Å². The topological polar surface area (TPSA) is 67.3 Å². The van der Waals surface area contributed by atoms with Crippen molar-refractivity contribution in [2.75, 3.05) is 7.11 Å². The quantitative estimate of drug-likeness (QED) is 0.636. The molecule has 12 heavy (non-hydrogen) atoms. The Kier molecular flexibility index (Phi) is 2.95. The highest BCUT2D eigenvalue weighted by molar-refractivity contribution is 5.24. The minimum atomic E-state index is 0.256. The summed E-state index contributed by atoms with van der Waals surface area (Å²) in [7, 11) is 1.54. The maximum atomic E-state index is 8.46. The zero-order valence-electron chi connectivity index (χ0n) is 7.03. The summed E-state index contributed by atoms with van der Waals surface area (Å²) in [5.41, 5.74) is 2.66. The molecule has 5 heteroatoms. The van der Waals surface area contributed by atoms with Gasteiger partial charge in [0.05, 0.1) is 19.9 Å². The molecule has 0 saturated heterocycles. The first-order chi connectivity index (χ1) is 5.77. The van der Waals surface area contributed by atoms with Gasteiger partial charge in [0, 0.05) is 0 Å². The lowest BCUT2D eigenvalue weighted by molar-refractivity contribution is 0.158. The molecule has 1 aromatic rings. The third-order valence-electron chi connectivity index (χ3n) is 1.42. The van der Waals surface area contributed by atoms with Crippen LogP contribution in [0.5, 0.6) is 5.75 Å². The van der Waals surface area contributed by atoms with Gasteiger partial charge in [-0.05, 0) is 6.92 Å². The van der Waals surface area contributed by atoms with Gasteiger partial charge in [-0.1, -0.05) is 0 Å². The summed E-state index contributed by atoms with van der Waals surface area (Å²) in [4.78, 5) is 8.02. The zero-order valence-corrected chi connectivity index (χ0v) is 7.03. The van der Waals surface area contributed by atoms with Gasteiger partial charge in [-0.3, -0.25) is 0 Å². The van der Waals surface area contributed by atoms with E-state index in [0.29, 0.717) is 17.3 Å².